The molecule has 1 aromatic carbocycles. The lowest BCUT2D eigenvalue weighted by Crippen LogP contribution is -2.28. The van der Waals surface area contributed by atoms with Crippen LogP contribution in [0.25, 0.3) is 5.69 Å². The highest BCUT2D eigenvalue weighted by Crippen LogP contribution is 2.17. The summed E-state index contributed by atoms with van der Waals surface area (Å²) in [5, 5.41) is 15.2. The van der Waals surface area contributed by atoms with E-state index in [9.17, 15) is 14.0 Å². The monoisotopic (exact) mass is 335 g/mol. The number of aliphatic carboxylic acids is 1. The lowest BCUT2D eigenvalue weighted by molar-refractivity contribution is -0.142. The average Bonchev–Trinajstić information content (AvgIpc) is 2.84. The molecule has 0 spiro atoms. The summed E-state index contributed by atoms with van der Waals surface area (Å²) < 4.78 is 20.6. The van der Waals surface area contributed by atoms with Gasteiger partial charge in [-0.1, -0.05) is 0 Å². The number of carbonyl (C=O) groups is 2. The molecule has 1 aromatic heterocycles. The third-order valence-electron chi connectivity index (χ3n) is 3.21. The molecule has 0 saturated carbocycles. The van der Waals surface area contributed by atoms with Crippen molar-refractivity contribution >= 4 is 11.9 Å². The Morgan fingerprint density at radius 3 is 2.67 bits per heavy atom. The van der Waals surface area contributed by atoms with Crippen LogP contribution in [0.15, 0.2) is 24.3 Å². The molecule has 0 aliphatic rings. The van der Waals surface area contributed by atoms with Crippen LogP contribution in [0.5, 0.6) is 0 Å². The summed E-state index contributed by atoms with van der Waals surface area (Å²) in [5.74, 6) is -2.10. The molecule has 2 N–H and O–H groups in total. The van der Waals surface area contributed by atoms with Crippen molar-refractivity contribution in [1.82, 2.24) is 15.1 Å². The first-order valence-corrected chi connectivity index (χ1v) is 7.29. The van der Waals surface area contributed by atoms with Gasteiger partial charge < -0.3 is 15.2 Å². The second kappa shape index (κ2) is 7.69. The maximum atomic E-state index is 14.3. The fraction of sp³-hybridized carbons (Fsp3) is 0.312. The van der Waals surface area contributed by atoms with E-state index in [2.05, 4.69) is 10.4 Å². The SMILES string of the molecule is Cc1cc(C)n(-c2ccc(C(=O)NCCOCC(=O)O)cc2F)n1. The van der Waals surface area contributed by atoms with E-state index in [1.54, 1.807) is 0 Å². The maximum absolute atomic E-state index is 14.3. The Bertz CT molecular complexity index is 758. The van der Waals surface area contributed by atoms with Crippen molar-refractivity contribution in [3.05, 3.63) is 47.0 Å². The van der Waals surface area contributed by atoms with Crippen molar-refractivity contribution in [2.45, 2.75) is 13.8 Å². The van der Waals surface area contributed by atoms with Gasteiger partial charge in [0.15, 0.2) is 0 Å². The summed E-state index contributed by atoms with van der Waals surface area (Å²) in [6, 6.07) is 5.96. The number of rotatable bonds is 7. The fourth-order valence-electron chi connectivity index (χ4n) is 2.19. The maximum Gasteiger partial charge on any atom is 0.329 e. The van der Waals surface area contributed by atoms with E-state index in [1.807, 2.05) is 19.9 Å². The molecule has 0 radical (unpaired) electrons. The lowest BCUT2D eigenvalue weighted by Gasteiger charge is -2.09. The first-order valence-electron chi connectivity index (χ1n) is 7.29. The number of benzene rings is 1. The molecule has 2 rings (SSSR count). The van der Waals surface area contributed by atoms with Crippen molar-refractivity contribution in [3.63, 3.8) is 0 Å². The Hall–Kier alpha value is -2.74. The highest BCUT2D eigenvalue weighted by atomic mass is 19.1. The van der Waals surface area contributed by atoms with Gasteiger partial charge in [0, 0.05) is 17.8 Å². The summed E-state index contributed by atoms with van der Waals surface area (Å²) in [7, 11) is 0. The van der Waals surface area contributed by atoms with E-state index >= 15 is 0 Å². The van der Waals surface area contributed by atoms with Crippen LogP contribution in [0.1, 0.15) is 21.7 Å². The minimum atomic E-state index is -1.08. The summed E-state index contributed by atoms with van der Waals surface area (Å²) in [5.41, 5.74) is 1.99. The molecule has 0 atom stereocenters. The van der Waals surface area contributed by atoms with Gasteiger partial charge in [0.25, 0.3) is 5.91 Å². The number of hydrogen-bond acceptors (Lipinski definition) is 4. The van der Waals surface area contributed by atoms with Crippen molar-refractivity contribution in [3.8, 4) is 5.69 Å². The van der Waals surface area contributed by atoms with Gasteiger partial charge in [-0.25, -0.2) is 13.9 Å². The van der Waals surface area contributed by atoms with Crippen LogP contribution in [0.4, 0.5) is 4.39 Å². The van der Waals surface area contributed by atoms with Crippen LogP contribution in [0.3, 0.4) is 0 Å². The van der Waals surface area contributed by atoms with Gasteiger partial charge in [0.2, 0.25) is 0 Å². The van der Waals surface area contributed by atoms with E-state index in [4.69, 9.17) is 9.84 Å². The molecule has 0 unspecified atom stereocenters. The smallest absolute Gasteiger partial charge is 0.329 e. The second-order valence-corrected chi connectivity index (χ2v) is 5.21. The Kier molecular flexibility index (Phi) is 5.64. The predicted molar refractivity (Wildman–Crippen MR) is 83.8 cm³/mol. The molecular formula is C16H18FN3O4. The number of carboxylic acids is 1. The Labute approximate surface area is 138 Å². The number of hydrogen-bond donors (Lipinski definition) is 2. The molecule has 0 saturated heterocycles. The first-order chi connectivity index (χ1) is 11.4. The molecule has 0 bridgehead atoms. The van der Waals surface area contributed by atoms with Crippen LogP contribution >= 0.6 is 0 Å². The topological polar surface area (TPSA) is 93.5 Å². The van der Waals surface area contributed by atoms with Gasteiger partial charge in [-0.15, -0.1) is 0 Å². The number of nitrogens with one attached hydrogen (secondary N) is 1. The number of aromatic nitrogens is 2. The summed E-state index contributed by atoms with van der Waals surface area (Å²) >= 11 is 0. The van der Waals surface area contributed by atoms with E-state index in [0.29, 0.717) is 0 Å². The number of aryl methyl sites for hydroxylation is 2. The molecule has 7 nitrogen and oxygen atoms in total. The normalized spacial score (nSPS) is 10.6. The van der Waals surface area contributed by atoms with Gasteiger partial charge >= 0.3 is 5.97 Å². The van der Waals surface area contributed by atoms with Crippen molar-refractivity contribution < 1.29 is 23.8 Å². The predicted octanol–water partition coefficient (Wildman–Crippen LogP) is 1.46. The van der Waals surface area contributed by atoms with Crippen LogP contribution in [0, 0.1) is 19.7 Å². The number of amides is 1. The van der Waals surface area contributed by atoms with Gasteiger partial charge in [0.05, 0.1) is 12.3 Å². The Balaban J connectivity index is 2.00. The summed E-state index contributed by atoms with van der Waals surface area (Å²) in [4.78, 5) is 22.2. The van der Waals surface area contributed by atoms with Crippen molar-refractivity contribution in [2.75, 3.05) is 19.8 Å². The van der Waals surface area contributed by atoms with E-state index in [1.165, 1.54) is 16.8 Å². The number of halogens is 1. The van der Waals surface area contributed by atoms with Crippen LogP contribution < -0.4 is 5.32 Å². The summed E-state index contributed by atoms with van der Waals surface area (Å²) in [6.07, 6.45) is 0. The molecule has 0 fully saturated rings. The first kappa shape index (κ1) is 17.6. The molecule has 0 aliphatic heterocycles. The van der Waals surface area contributed by atoms with Crippen molar-refractivity contribution in [1.29, 1.82) is 0 Å². The van der Waals surface area contributed by atoms with Crippen molar-refractivity contribution in [2.24, 2.45) is 0 Å². The standard InChI is InChI=1S/C16H18FN3O4/c1-10-7-11(2)20(19-10)14-4-3-12(8-13(14)17)16(23)18-5-6-24-9-15(21)22/h3-4,7-8H,5-6,9H2,1-2H3,(H,18,23)(H,21,22). The van der Waals surface area contributed by atoms with Gasteiger partial charge in [0.1, 0.15) is 18.1 Å². The summed E-state index contributed by atoms with van der Waals surface area (Å²) in [6.45, 7) is 3.39. The molecule has 1 heterocycles. The number of ether oxygens (including phenoxy) is 1. The molecule has 8 heteroatoms. The minimum absolute atomic E-state index is 0.0599. The third kappa shape index (κ3) is 4.39. The zero-order valence-corrected chi connectivity index (χ0v) is 13.4. The molecule has 128 valence electrons. The molecule has 1 amide bonds. The largest absolute Gasteiger partial charge is 0.480 e. The lowest BCUT2D eigenvalue weighted by atomic mass is 10.2. The molecule has 0 aliphatic carbocycles. The molecule has 2 aromatic rings. The number of nitrogens with zero attached hydrogens (tertiary/aromatic N) is 2. The molecule has 24 heavy (non-hydrogen) atoms. The van der Waals surface area contributed by atoms with E-state index in [-0.39, 0.29) is 24.4 Å². The Morgan fingerprint density at radius 2 is 2.08 bits per heavy atom. The van der Waals surface area contributed by atoms with Crippen LogP contribution in [0.2, 0.25) is 0 Å². The van der Waals surface area contributed by atoms with Crippen LogP contribution in [-0.2, 0) is 9.53 Å². The average molecular weight is 335 g/mol. The van der Waals surface area contributed by atoms with Gasteiger partial charge in [-0.2, -0.15) is 5.10 Å². The minimum Gasteiger partial charge on any atom is -0.480 e. The fourth-order valence-corrected chi connectivity index (χ4v) is 2.19. The van der Waals surface area contributed by atoms with Gasteiger partial charge in [-0.05, 0) is 38.1 Å². The Morgan fingerprint density at radius 1 is 1.33 bits per heavy atom. The van der Waals surface area contributed by atoms with Gasteiger partial charge in [-0.3, -0.25) is 4.79 Å². The highest BCUT2D eigenvalue weighted by molar-refractivity contribution is 5.94. The number of carboxylic acid groups (broad SMARTS) is 1. The second-order valence-electron chi connectivity index (χ2n) is 5.21. The third-order valence-corrected chi connectivity index (χ3v) is 3.21. The van der Waals surface area contributed by atoms with Crippen LogP contribution in [-0.4, -0.2) is 46.5 Å². The van der Waals surface area contributed by atoms with E-state index < -0.39 is 24.3 Å². The zero-order valence-electron chi connectivity index (χ0n) is 13.4. The number of carbonyl (C=O) groups excluding carboxylic acids is 1. The van der Waals surface area contributed by atoms with E-state index in [0.717, 1.165) is 17.5 Å². The zero-order chi connectivity index (χ0) is 17.7. The highest BCUT2D eigenvalue weighted by Gasteiger charge is 2.13. The quantitative estimate of drug-likeness (QED) is 0.747. The molecular weight excluding hydrogens is 317 g/mol.